The third-order valence-corrected chi connectivity index (χ3v) is 6.66. The van der Waals surface area contributed by atoms with Crippen LogP contribution in [0.15, 0.2) is 59.5 Å². The number of anilines is 2. The Morgan fingerprint density at radius 2 is 1.89 bits per heavy atom. The number of aryl methyl sites for hydroxylation is 2. The maximum Gasteiger partial charge on any atom is 0.252 e. The van der Waals surface area contributed by atoms with Crippen molar-refractivity contribution in [3.8, 4) is 0 Å². The van der Waals surface area contributed by atoms with Gasteiger partial charge in [0, 0.05) is 36.1 Å². The van der Waals surface area contributed by atoms with E-state index in [0.29, 0.717) is 46.7 Å². The molecule has 0 saturated carbocycles. The summed E-state index contributed by atoms with van der Waals surface area (Å²) in [5.74, 6) is 1.72. The Hall–Kier alpha value is -4.30. The van der Waals surface area contributed by atoms with E-state index in [0.717, 1.165) is 38.4 Å². The Kier molecular flexibility index (Phi) is 5.38. The number of nitrogens with one attached hydrogen (secondary N) is 1. The zero-order valence-electron chi connectivity index (χ0n) is 19.7. The zero-order valence-corrected chi connectivity index (χ0v) is 20.5. The Balaban J connectivity index is 1.29. The summed E-state index contributed by atoms with van der Waals surface area (Å²) in [4.78, 5) is 22.0. The van der Waals surface area contributed by atoms with Gasteiger partial charge in [-0.2, -0.15) is 4.98 Å². The van der Waals surface area contributed by atoms with E-state index in [4.69, 9.17) is 26.7 Å². The van der Waals surface area contributed by atoms with Crippen molar-refractivity contribution in [1.82, 2.24) is 24.9 Å². The molecule has 4 aromatic heterocycles. The zero-order chi connectivity index (χ0) is 24.8. The van der Waals surface area contributed by atoms with E-state index in [1.807, 2.05) is 30.3 Å². The number of nitrogens with two attached hydrogens (primary N) is 1. The van der Waals surface area contributed by atoms with Gasteiger partial charge in [-0.3, -0.25) is 4.98 Å². The van der Waals surface area contributed by atoms with Crippen molar-refractivity contribution in [2.75, 3.05) is 11.1 Å². The van der Waals surface area contributed by atoms with Gasteiger partial charge in [-0.1, -0.05) is 17.7 Å². The fraction of sp³-hybridized carbons (Fsp3) is 0.148. The minimum atomic E-state index is 0.443. The summed E-state index contributed by atoms with van der Waals surface area (Å²) < 4.78 is 5.95. The van der Waals surface area contributed by atoms with E-state index in [1.54, 1.807) is 12.4 Å². The first-order valence-electron chi connectivity index (χ1n) is 11.5. The Morgan fingerprint density at radius 1 is 1.00 bits per heavy atom. The van der Waals surface area contributed by atoms with Gasteiger partial charge in [0.05, 0.1) is 10.5 Å². The number of oxazole rings is 1. The molecule has 0 fully saturated rings. The molecule has 0 spiro atoms. The number of hydrogen-bond acceptors (Lipinski definition) is 8. The summed E-state index contributed by atoms with van der Waals surface area (Å²) in [6, 6.07) is 12.0. The van der Waals surface area contributed by atoms with Crippen LogP contribution in [0.2, 0.25) is 5.02 Å². The second-order valence-corrected chi connectivity index (χ2v) is 9.22. The first-order chi connectivity index (χ1) is 17.5. The summed E-state index contributed by atoms with van der Waals surface area (Å²) in [6.45, 7) is 4.75. The fourth-order valence-corrected chi connectivity index (χ4v) is 4.78. The second kappa shape index (κ2) is 8.73. The predicted octanol–water partition coefficient (Wildman–Crippen LogP) is 5.77. The lowest BCUT2D eigenvalue weighted by Crippen LogP contribution is -2.07. The van der Waals surface area contributed by atoms with Crippen molar-refractivity contribution in [2.45, 2.75) is 26.8 Å². The molecule has 36 heavy (non-hydrogen) atoms. The highest BCUT2D eigenvalue weighted by atomic mass is 35.5. The molecule has 0 radical (unpaired) electrons. The number of aromatic nitrogens is 5. The van der Waals surface area contributed by atoms with Crippen LogP contribution in [0, 0.1) is 13.8 Å². The first-order valence-corrected chi connectivity index (χ1v) is 11.9. The Bertz CT molecular complexity index is 1780. The van der Waals surface area contributed by atoms with Crippen LogP contribution in [0.1, 0.15) is 28.1 Å². The summed E-state index contributed by atoms with van der Waals surface area (Å²) >= 11 is 6.11. The van der Waals surface area contributed by atoms with Crippen molar-refractivity contribution in [1.29, 1.82) is 0 Å². The lowest BCUT2D eigenvalue weighted by atomic mass is 9.96. The average molecular weight is 496 g/mol. The minimum Gasteiger partial charge on any atom is -0.422 e. The van der Waals surface area contributed by atoms with E-state index in [-0.39, 0.29) is 0 Å². The smallest absolute Gasteiger partial charge is 0.252 e. The topological polar surface area (TPSA) is 116 Å². The SMILES string of the molecule is Cc1cc2c(N)nccc2c(C)c1CNc1ncnc2oc(Cc3ccc4ncc(Cl)cc4c3)nc12. The van der Waals surface area contributed by atoms with Crippen LogP contribution in [0.4, 0.5) is 11.6 Å². The molecule has 2 aromatic carbocycles. The number of nitrogens with zero attached hydrogens (tertiary/aromatic N) is 5. The molecule has 0 unspecified atom stereocenters. The van der Waals surface area contributed by atoms with Gasteiger partial charge >= 0.3 is 0 Å². The van der Waals surface area contributed by atoms with Crippen LogP contribution < -0.4 is 11.1 Å². The van der Waals surface area contributed by atoms with Crippen LogP contribution in [0.5, 0.6) is 0 Å². The minimum absolute atomic E-state index is 0.443. The van der Waals surface area contributed by atoms with E-state index in [9.17, 15) is 0 Å². The number of fused-ring (bicyclic) bond motifs is 3. The number of halogens is 1. The molecule has 0 saturated heterocycles. The van der Waals surface area contributed by atoms with E-state index >= 15 is 0 Å². The van der Waals surface area contributed by atoms with Crippen molar-refractivity contribution in [3.63, 3.8) is 0 Å². The van der Waals surface area contributed by atoms with Crippen LogP contribution in [0.3, 0.4) is 0 Å². The van der Waals surface area contributed by atoms with Gasteiger partial charge in [-0.15, -0.1) is 0 Å². The van der Waals surface area contributed by atoms with E-state index in [1.165, 1.54) is 11.9 Å². The number of pyridine rings is 2. The average Bonchev–Trinajstić information content (AvgIpc) is 3.27. The predicted molar refractivity (Wildman–Crippen MR) is 142 cm³/mol. The highest BCUT2D eigenvalue weighted by Gasteiger charge is 2.15. The van der Waals surface area contributed by atoms with Gasteiger partial charge in [0.1, 0.15) is 12.1 Å². The molecule has 9 heteroatoms. The highest BCUT2D eigenvalue weighted by molar-refractivity contribution is 6.31. The molecule has 178 valence electrons. The molecule has 0 bridgehead atoms. The van der Waals surface area contributed by atoms with Gasteiger partial charge < -0.3 is 15.5 Å². The maximum absolute atomic E-state index is 6.11. The lowest BCUT2D eigenvalue weighted by molar-refractivity contribution is 0.535. The maximum atomic E-state index is 6.11. The van der Waals surface area contributed by atoms with Crippen molar-refractivity contribution in [3.05, 3.63) is 88.3 Å². The number of hydrogen-bond donors (Lipinski definition) is 2. The van der Waals surface area contributed by atoms with E-state index < -0.39 is 0 Å². The van der Waals surface area contributed by atoms with Crippen LogP contribution in [-0.2, 0) is 13.0 Å². The third kappa shape index (κ3) is 3.95. The molecule has 0 amide bonds. The summed E-state index contributed by atoms with van der Waals surface area (Å²) in [6.07, 6.45) is 5.38. The Morgan fingerprint density at radius 3 is 2.78 bits per heavy atom. The molecule has 8 nitrogen and oxygen atoms in total. The number of rotatable bonds is 5. The van der Waals surface area contributed by atoms with Crippen LogP contribution in [0.25, 0.3) is 32.9 Å². The molecule has 0 aliphatic carbocycles. The molecular weight excluding hydrogens is 474 g/mol. The Labute approximate surface area is 211 Å². The van der Waals surface area contributed by atoms with Gasteiger partial charge in [0.2, 0.25) is 5.89 Å². The van der Waals surface area contributed by atoms with Crippen molar-refractivity contribution in [2.24, 2.45) is 0 Å². The lowest BCUT2D eigenvalue weighted by Gasteiger charge is -2.15. The van der Waals surface area contributed by atoms with Crippen molar-refractivity contribution < 1.29 is 4.42 Å². The molecule has 6 rings (SSSR count). The standard InChI is InChI=1S/C27H22ClN7O/c1-14-7-20-19(5-6-30-25(20)29)15(2)21(14)12-32-26-24-27(34-13-33-26)36-23(35-24)9-16-3-4-22-17(8-16)10-18(28)11-31-22/h3-8,10-11,13H,9,12H2,1-2H3,(H2,29,30)(H,32,33,34). The molecule has 0 aliphatic rings. The first kappa shape index (κ1) is 22.2. The number of benzene rings is 2. The summed E-state index contributed by atoms with van der Waals surface area (Å²) in [7, 11) is 0. The number of nitrogen functional groups attached to an aromatic ring is 1. The summed E-state index contributed by atoms with van der Waals surface area (Å²) in [5.41, 5.74) is 12.5. The normalized spacial score (nSPS) is 11.5. The molecule has 3 N–H and O–H groups in total. The van der Waals surface area contributed by atoms with Crippen molar-refractivity contribution >= 4 is 56.1 Å². The third-order valence-electron chi connectivity index (χ3n) is 6.45. The van der Waals surface area contributed by atoms with Crippen LogP contribution >= 0.6 is 11.6 Å². The van der Waals surface area contributed by atoms with Gasteiger partial charge in [0.25, 0.3) is 5.71 Å². The fourth-order valence-electron chi connectivity index (χ4n) is 4.62. The monoisotopic (exact) mass is 495 g/mol. The van der Waals surface area contributed by atoms with Gasteiger partial charge in [-0.05, 0) is 71.8 Å². The summed E-state index contributed by atoms with van der Waals surface area (Å²) in [5, 5.41) is 7.06. The molecular formula is C27H22ClN7O. The second-order valence-electron chi connectivity index (χ2n) is 8.78. The van der Waals surface area contributed by atoms with E-state index in [2.05, 4.69) is 45.2 Å². The quantitative estimate of drug-likeness (QED) is 0.309. The van der Waals surface area contributed by atoms with Gasteiger partial charge in [-0.25, -0.2) is 15.0 Å². The molecule has 0 aliphatic heterocycles. The molecule has 0 atom stereocenters. The molecule has 4 heterocycles. The largest absolute Gasteiger partial charge is 0.422 e. The van der Waals surface area contributed by atoms with Crippen LogP contribution in [-0.4, -0.2) is 24.9 Å². The highest BCUT2D eigenvalue weighted by Crippen LogP contribution is 2.29. The molecule has 6 aromatic rings. The van der Waals surface area contributed by atoms with Gasteiger partial charge in [0.15, 0.2) is 11.3 Å².